The van der Waals surface area contributed by atoms with Crippen molar-refractivity contribution < 1.29 is 9.90 Å². The van der Waals surface area contributed by atoms with E-state index < -0.39 is 0 Å². The molecule has 1 aromatic carbocycles. The number of phenols is 1. The van der Waals surface area contributed by atoms with E-state index in [-0.39, 0.29) is 5.75 Å². The molecule has 1 heterocycles. The number of benzene rings is 1. The Bertz CT molecular complexity index is 500. The van der Waals surface area contributed by atoms with Crippen molar-refractivity contribution in [1.29, 1.82) is 0 Å². The normalized spacial score (nSPS) is 10.3. The maximum atomic E-state index is 10.6. The average molecular weight is 216 g/mol. The minimum atomic E-state index is 0.248. The second kappa shape index (κ2) is 4.18. The number of aldehydes is 1. The first-order valence-corrected chi connectivity index (χ1v) is 4.95. The van der Waals surface area contributed by atoms with Crippen LogP contribution in [0.25, 0.3) is 0 Å². The number of aromatic nitrogens is 2. The molecule has 0 bridgehead atoms. The monoisotopic (exact) mass is 216 g/mol. The summed E-state index contributed by atoms with van der Waals surface area (Å²) in [5.41, 5.74) is 2.46. The molecule has 16 heavy (non-hydrogen) atoms. The molecule has 0 fully saturated rings. The van der Waals surface area contributed by atoms with E-state index in [0.29, 0.717) is 12.1 Å². The molecule has 0 saturated carbocycles. The van der Waals surface area contributed by atoms with Gasteiger partial charge in [-0.3, -0.25) is 9.48 Å². The van der Waals surface area contributed by atoms with Crippen LogP contribution in [-0.4, -0.2) is 21.2 Å². The Hall–Kier alpha value is -2.10. The van der Waals surface area contributed by atoms with Gasteiger partial charge in [-0.25, -0.2) is 0 Å². The van der Waals surface area contributed by atoms with E-state index in [2.05, 4.69) is 5.10 Å². The van der Waals surface area contributed by atoms with Crippen molar-refractivity contribution in [2.75, 3.05) is 0 Å². The lowest BCUT2D eigenvalue weighted by Crippen LogP contribution is -1.96. The van der Waals surface area contributed by atoms with Crippen molar-refractivity contribution in [3.8, 4) is 5.75 Å². The maximum Gasteiger partial charge on any atom is 0.168 e. The summed E-state index contributed by atoms with van der Waals surface area (Å²) in [5, 5.41) is 13.4. The van der Waals surface area contributed by atoms with E-state index in [1.54, 1.807) is 29.9 Å². The van der Waals surface area contributed by atoms with Gasteiger partial charge >= 0.3 is 0 Å². The van der Waals surface area contributed by atoms with Gasteiger partial charge in [-0.1, -0.05) is 12.1 Å². The molecule has 0 aliphatic carbocycles. The molecular weight excluding hydrogens is 204 g/mol. The molecule has 0 radical (unpaired) electrons. The zero-order valence-electron chi connectivity index (χ0n) is 8.92. The van der Waals surface area contributed by atoms with Crippen LogP contribution < -0.4 is 0 Å². The third-order valence-corrected chi connectivity index (χ3v) is 2.41. The first kappa shape index (κ1) is 10.4. The van der Waals surface area contributed by atoms with Gasteiger partial charge in [0.25, 0.3) is 0 Å². The molecule has 0 spiro atoms. The number of aromatic hydroxyl groups is 1. The number of nitrogens with zero attached hydrogens (tertiary/aromatic N) is 2. The minimum absolute atomic E-state index is 0.248. The second-order valence-electron chi connectivity index (χ2n) is 3.65. The summed E-state index contributed by atoms with van der Waals surface area (Å²) >= 11 is 0. The van der Waals surface area contributed by atoms with Gasteiger partial charge in [-0.2, -0.15) is 5.10 Å². The zero-order valence-corrected chi connectivity index (χ0v) is 8.92. The Labute approximate surface area is 93.1 Å². The summed E-state index contributed by atoms with van der Waals surface area (Å²) in [6, 6.07) is 8.72. The van der Waals surface area contributed by atoms with Crippen LogP contribution in [-0.2, 0) is 13.5 Å². The van der Waals surface area contributed by atoms with Gasteiger partial charge in [0, 0.05) is 13.5 Å². The number of hydrogen-bond donors (Lipinski definition) is 1. The van der Waals surface area contributed by atoms with E-state index in [1.165, 1.54) is 0 Å². The van der Waals surface area contributed by atoms with E-state index in [4.69, 9.17) is 5.11 Å². The van der Waals surface area contributed by atoms with E-state index in [0.717, 1.165) is 17.5 Å². The Balaban J connectivity index is 2.20. The van der Waals surface area contributed by atoms with E-state index >= 15 is 0 Å². The number of carbonyl (C=O) groups excluding carboxylic acids is 1. The van der Waals surface area contributed by atoms with Gasteiger partial charge < -0.3 is 5.11 Å². The zero-order chi connectivity index (χ0) is 11.5. The molecule has 1 N–H and O–H groups in total. The van der Waals surface area contributed by atoms with Gasteiger partial charge in [-0.15, -0.1) is 0 Å². The summed E-state index contributed by atoms with van der Waals surface area (Å²) in [4.78, 5) is 10.6. The van der Waals surface area contributed by atoms with Gasteiger partial charge in [0.05, 0.1) is 5.69 Å². The quantitative estimate of drug-likeness (QED) is 0.791. The fourth-order valence-corrected chi connectivity index (χ4v) is 1.56. The Morgan fingerprint density at radius 2 is 2.06 bits per heavy atom. The van der Waals surface area contributed by atoms with Crippen LogP contribution in [0.15, 0.2) is 30.3 Å². The fourth-order valence-electron chi connectivity index (χ4n) is 1.56. The smallest absolute Gasteiger partial charge is 0.168 e. The average Bonchev–Trinajstić information content (AvgIpc) is 2.62. The summed E-state index contributed by atoms with van der Waals surface area (Å²) in [6.07, 6.45) is 1.44. The number of phenolic OH excluding ortho intramolecular Hbond substituents is 1. The molecule has 0 amide bonds. The molecule has 0 aliphatic heterocycles. The molecule has 2 aromatic rings. The standard InChI is InChI=1S/C12H12N2O2/c1-14-11(8-15)7-10(13-14)6-9-2-4-12(16)5-3-9/h2-5,7-8,16H,6H2,1H3. The van der Waals surface area contributed by atoms with Gasteiger partial charge in [0.15, 0.2) is 6.29 Å². The SMILES string of the molecule is Cn1nc(Cc2ccc(O)cc2)cc1C=O. The number of hydrogen-bond acceptors (Lipinski definition) is 3. The first-order valence-electron chi connectivity index (χ1n) is 4.95. The lowest BCUT2D eigenvalue weighted by Gasteiger charge is -1.98. The van der Waals surface area contributed by atoms with Crippen molar-refractivity contribution in [3.05, 3.63) is 47.3 Å². The van der Waals surface area contributed by atoms with Crippen LogP contribution in [0.1, 0.15) is 21.7 Å². The van der Waals surface area contributed by atoms with E-state index in [9.17, 15) is 4.79 Å². The Morgan fingerprint density at radius 1 is 1.38 bits per heavy atom. The predicted molar refractivity (Wildman–Crippen MR) is 59.5 cm³/mol. The Morgan fingerprint density at radius 3 is 2.62 bits per heavy atom. The van der Waals surface area contributed by atoms with Crippen LogP contribution >= 0.6 is 0 Å². The molecule has 82 valence electrons. The summed E-state index contributed by atoms with van der Waals surface area (Å²) in [7, 11) is 1.74. The van der Waals surface area contributed by atoms with Crippen molar-refractivity contribution >= 4 is 6.29 Å². The maximum absolute atomic E-state index is 10.6. The molecule has 1 aromatic heterocycles. The van der Waals surface area contributed by atoms with Crippen LogP contribution in [0.2, 0.25) is 0 Å². The topological polar surface area (TPSA) is 55.1 Å². The highest BCUT2D eigenvalue weighted by atomic mass is 16.3. The second-order valence-corrected chi connectivity index (χ2v) is 3.65. The van der Waals surface area contributed by atoms with Gasteiger partial charge in [0.2, 0.25) is 0 Å². The van der Waals surface area contributed by atoms with Gasteiger partial charge in [-0.05, 0) is 23.8 Å². The highest BCUT2D eigenvalue weighted by molar-refractivity contribution is 5.72. The number of rotatable bonds is 3. The first-order chi connectivity index (χ1) is 7.69. The third-order valence-electron chi connectivity index (χ3n) is 2.41. The minimum Gasteiger partial charge on any atom is -0.508 e. The van der Waals surface area contributed by atoms with Crippen LogP contribution in [0.4, 0.5) is 0 Å². The number of aryl methyl sites for hydroxylation is 1. The lowest BCUT2D eigenvalue weighted by atomic mass is 10.1. The van der Waals surface area contributed by atoms with Crippen LogP contribution in [0, 0.1) is 0 Å². The van der Waals surface area contributed by atoms with E-state index in [1.807, 2.05) is 12.1 Å². The van der Waals surface area contributed by atoms with Gasteiger partial charge in [0.1, 0.15) is 11.4 Å². The highest BCUT2D eigenvalue weighted by Gasteiger charge is 2.04. The van der Waals surface area contributed by atoms with Crippen LogP contribution in [0.5, 0.6) is 5.75 Å². The molecule has 2 rings (SSSR count). The summed E-state index contributed by atoms with van der Waals surface area (Å²) < 4.78 is 1.56. The molecule has 0 unspecified atom stereocenters. The Kier molecular flexibility index (Phi) is 2.72. The molecule has 0 saturated heterocycles. The summed E-state index contributed by atoms with van der Waals surface area (Å²) in [6.45, 7) is 0. The molecule has 0 atom stereocenters. The molecule has 4 heteroatoms. The van der Waals surface area contributed by atoms with Crippen molar-refractivity contribution in [2.24, 2.45) is 7.05 Å². The van der Waals surface area contributed by atoms with Crippen LogP contribution in [0.3, 0.4) is 0 Å². The molecule has 0 aliphatic rings. The van der Waals surface area contributed by atoms with Crippen molar-refractivity contribution in [2.45, 2.75) is 6.42 Å². The molecule has 4 nitrogen and oxygen atoms in total. The fraction of sp³-hybridized carbons (Fsp3) is 0.167. The highest BCUT2D eigenvalue weighted by Crippen LogP contribution is 2.13. The van der Waals surface area contributed by atoms with Crippen molar-refractivity contribution in [3.63, 3.8) is 0 Å². The van der Waals surface area contributed by atoms with Crippen molar-refractivity contribution in [1.82, 2.24) is 9.78 Å². The predicted octanol–water partition coefficient (Wildman–Crippen LogP) is 1.53. The largest absolute Gasteiger partial charge is 0.508 e. The third kappa shape index (κ3) is 2.11. The summed E-state index contributed by atoms with van der Waals surface area (Å²) in [5.74, 6) is 0.248. The number of carbonyl (C=O) groups is 1. The lowest BCUT2D eigenvalue weighted by molar-refractivity contribution is 0.111. The molecular formula is C12H12N2O2.